The van der Waals surface area contributed by atoms with Crippen LogP contribution in [0.4, 0.5) is 0 Å². The van der Waals surface area contributed by atoms with E-state index in [9.17, 15) is 4.79 Å². The zero-order valence-corrected chi connectivity index (χ0v) is 8.20. The van der Waals surface area contributed by atoms with Gasteiger partial charge in [-0.1, -0.05) is 18.2 Å². The van der Waals surface area contributed by atoms with E-state index >= 15 is 0 Å². The molecule has 0 bridgehead atoms. The van der Waals surface area contributed by atoms with Crippen molar-refractivity contribution in [3.8, 4) is 0 Å². The van der Waals surface area contributed by atoms with Gasteiger partial charge < -0.3 is 9.40 Å². The van der Waals surface area contributed by atoms with Gasteiger partial charge in [0.15, 0.2) is 0 Å². The minimum atomic E-state index is -0.126. The van der Waals surface area contributed by atoms with Gasteiger partial charge in [-0.05, 0) is 13.0 Å². The molecule has 0 unspecified atom stereocenters. The lowest BCUT2D eigenvalue weighted by Crippen LogP contribution is -2.04. The Kier molecular flexibility index (Phi) is 1.51. The zero-order valence-electron chi connectivity index (χ0n) is 8.20. The summed E-state index contributed by atoms with van der Waals surface area (Å²) >= 11 is 0. The number of para-hydroxylation sites is 1. The molecule has 3 nitrogen and oxygen atoms in total. The van der Waals surface area contributed by atoms with Gasteiger partial charge in [0.05, 0.1) is 0 Å². The molecule has 0 aliphatic heterocycles. The molecule has 0 saturated carbocycles. The van der Waals surface area contributed by atoms with Crippen LogP contribution in [-0.4, -0.2) is 4.98 Å². The lowest BCUT2D eigenvalue weighted by atomic mass is 10.1. The Hall–Kier alpha value is -2.03. The number of aromatic nitrogens is 1. The van der Waals surface area contributed by atoms with Crippen LogP contribution in [0.3, 0.4) is 0 Å². The molecule has 0 amide bonds. The van der Waals surface area contributed by atoms with Crippen molar-refractivity contribution < 1.29 is 4.42 Å². The summed E-state index contributed by atoms with van der Waals surface area (Å²) in [4.78, 5) is 14.0. The topological polar surface area (TPSA) is 46.0 Å². The van der Waals surface area contributed by atoms with Crippen LogP contribution in [0.2, 0.25) is 0 Å². The maximum Gasteiger partial charge on any atom is 0.251 e. The van der Waals surface area contributed by atoms with Gasteiger partial charge in [0.1, 0.15) is 11.2 Å². The molecule has 1 N–H and O–H groups in total. The number of hydrogen-bond acceptors (Lipinski definition) is 2. The predicted octanol–water partition coefficient (Wildman–Crippen LogP) is 2.58. The Morgan fingerprint density at radius 3 is 2.87 bits per heavy atom. The third-order valence-corrected chi connectivity index (χ3v) is 2.57. The molecule has 0 fully saturated rings. The molecule has 2 aromatic heterocycles. The van der Waals surface area contributed by atoms with Gasteiger partial charge in [-0.3, -0.25) is 4.79 Å². The highest BCUT2D eigenvalue weighted by molar-refractivity contribution is 6.05. The molecule has 0 aliphatic carbocycles. The molecule has 0 radical (unpaired) electrons. The van der Waals surface area contributed by atoms with Crippen LogP contribution in [0.5, 0.6) is 0 Å². The molecule has 3 rings (SSSR count). The average Bonchev–Trinajstić information content (AvgIpc) is 2.54. The molecule has 3 aromatic rings. The quantitative estimate of drug-likeness (QED) is 0.604. The summed E-state index contributed by atoms with van der Waals surface area (Å²) in [7, 11) is 0. The van der Waals surface area contributed by atoms with Gasteiger partial charge in [0.25, 0.3) is 5.56 Å². The maximum absolute atomic E-state index is 11.3. The van der Waals surface area contributed by atoms with Crippen molar-refractivity contribution in [2.75, 3.05) is 0 Å². The van der Waals surface area contributed by atoms with E-state index in [0.717, 1.165) is 22.0 Å². The fourth-order valence-corrected chi connectivity index (χ4v) is 1.96. The Morgan fingerprint density at radius 1 is 1.20 bits per heavy atom. The molecule has 2 heterocycles. The number of H-pyrrole nitrogens is 1. The van der Waals surface area contributed by atoms with Crippen LogP contribution < -0.4 is 5.56 Å². The molecule has 1 aromatic carbocycles. The van der Waals surface area contributed by atoms with E-state index in [1.165, 1.54) is 6.07 Å². The van der Waals surface area contributed by atoms with Gasteiger partial charge >= 0.3 is 0 Å². The van der Waals surface area contributed by atoms with Crippen molar-refractivity contribution in [1.29, 1.82) is 0 Å². The molecular formula is C12H9NO2. The molecular weight excluding hydrogens is 190 g/mol. The number of rotatable bonds is 0. The van der Waals surface area contributed by atoms with E-state index in [4.69, 9.17) is 4.42 Å². The average molecular weight is 199 g/mol. The maximum atomic E-state index is 11.3. The van der Waals surface area contributed by atoms with Crippen molar-refractivity contribution >= 4 is 21.9 Å². The fourth-order valence-electron chi connectivity index (χ4n) is 1.96. The number of aromatic amines is 1. The first-order valence-electron chi connectivity index (χ1n) is 4.77. The predicted molar refractivity (Wildman–Crippen MR) is 59.1 cm³/mol. The first-order valence-corrected chi connectivity index (χ1v) is 4.77. The second-order valence-electron chi connectivity index (χ2n) is 3.60. The van der Waals surface area contributed by atoms with E-state index in [1.54, 1.807) is 0 Å². The van der Waals surface area contributed by atoms with Gasteiger partial charge in [-0.25, -0.2) is 0 Å². The molecule has 0 saturated heterocycles. The molecule has 3 heteroatoms. The Balaban J connectivity index is 2.67. The Morgan fingerprint density at radius 2 is 2.00 bits per heavy atom. The summed E-state index contributed by atoms with van der Waals surface area (Å²) in [5, 5.41) is 2.03. The Labute approximate surface area is 85.3 Å². The van der Waals surface area contributed by atoms with Crippen molar-refractivity contribution in [3.63, 3.8) is 0 Å². The van der Waals surface area contributed by atoms with Crippen LogP contribution >= 0.6 is 0 Å². The highest BCUT2D eigenvalue weighted by Gasteiger charge is 2.08. The molecule has 15 heavy (non-hydrogen) atoms. The zero-order chi connectivity index (χ0) is 10.4. The van der Waals surface area contributed by atoms with Gasteiger partial charge in [-0.15, -0.1) is 0 Å². The minimum Gasteiger partial charge on any atom is -0.456 e. The normalized spacial score (nSPS) is 11.3. The van der Waals surface area contributed by atoms with Gasteiger partial charge in [0, 0.05) is 22.5 Å². The van der Waals surface area contributed by atoms with E-state index in [1.807, 2.05) is 31.2 Å². The largest absolute Gasteiger partial charge is 0.456 e. The van der Waals surface area contributed by atoms with Crippen molar-refractivity contribution in [2.45, 2.75) is 6.92 Å². The minimum absolute atomic E-state index is 0.126. The number of benzene rings is 1. The Bertz CT molecular complexity index is 706. The van der Waals surface area contributed by atoms with E-state index in [0.29, 0.717) is 5.58 Å². The van der Waals surface area contributed by atoms with Gasteiger partial charge in [-0.2, -0.15) is 0 Å². The first-order chi connectivity index (χ1) is 7.25. The van der Waals surface area contributed by atoms with E-state index in [-0.39, 0.29) is 5.56 Å². The monoisotopic (exact) mass is 199 g/mol. The second-order valence-corrected chi connectivity index (χ2v) is 3.60. The SMILES string of the molecule is Cc1[nH]c(=O)cc2oc3ccccc3c12. The van der Waals surface area contributed by atoms with Crippen molar-refractivity contribution in [2.24, 2.45) is 0 Å². The van der Waals surface area contributed by atoms with E-state index < -0.39 is 0 Å². The highest BCUT2D eigenvalue weighted by Crippen LogP contribution is 2.28. The van der Waals surface area contributed by atoms with Crippen LogP contribution in [0.25, 0.3) is 21.9 Å². The number of aryl methyl sites for hydroxylation is 1. The third-order valence-electron chi connectivity index (χ3n) is 2.57. The summed E-state index contributed by atoms with van der Waals surface area (Å²) in [5.74, 6) is 0. The number of nitrogens with one attached hydrogen (secondary N) is 1. The lowest BCUT2D eigenvalue weighted by molar-refractivity contribution is 0.667. The number of pyridine rings is 1. The summed E-state index contributed by atoms with van der Waals surface area (Å²) in [6.07, 6.45) is 0. The molecule has 0 spiro atoms. The van der Waals surface area contributed by atoms with Crippen LogP contribution in [0.15, 0.2) is 39.5 Å². The number of hydrogen-bond donors (Lipinski definition) is 1. The molecule has 0 atom stereocenters. The van der Waals surface area contributed by atoms with Gasteiger partial charge in [0.2, 0.25) is 0 Å². The van der Waals surface area contributed by atoms with Crippen molar-refractivity contribution in [1.82, 2.24) is 4.98 Å². The molecule has 0 aliphatic rings. The highest BCUT2D eigenvalue weighted by atomic mass is 16.3. The van der Waals surface area contributed by atoms with Crippen LogP contribution in [0, 0.1) is 6.92 Å². The van der Waals surface area contributed by atoms with E-state index in [2.05, 4.69) is 4.98 Å². The number of furan rings is 1. The summed E-state index contributed by atoms with van der Waals surface area (Å²) in [5.41, 5.74) is 2.19. The first kappa shape index (κ1) is 8.29. The summed E-state index contributed by atoms with van der Waals surface area (Å²) in [6, 6.07) is 9.26. The lowest BCUT2D eigenvalue weighted by Gasteiger charge is -1.93. The summed E-state index contributed by atoms with van der Waals surface area (Å²) in [6.45, 7) is 1.88. The second kappa shape index (κ2) is 2.73. The number of fused-ring (bicyclic) bond motifs is 3. The van der Waals surface area contributed by atoms with Crippen LogP contribution in [0.1, 0.15) is 5.69 Å². The summed E-state index contributed by atoms with van der Waals surface area (Å²) < 4.78 is 5.59. The standard InChI is InChI=1S/C12H9NO2/c1-7-12-8-4-2-3-5-9(8)15-10(12)6-11(14)13-7/h2-6H,1H3,(H,13,14). The fraction of sp³-hybridized carbons (Fsp3) is 0.0833. The molecule has 74 valence electrons. The third kappa shape index (κ3) is 1.09. The smallest absolute Gasteiger partial charge is 0.251 e. The van der Waals surface area contributed by atoms with Crippen LogP contribution in [-0.2, 0) is 0 Å². The van der Waals surface area contributed by atoms with Crippen molar-refractivity contribution in [3.05, 3.63) is 46.4 Å².